The van der Waals surface area contributed by atoms with Crippen molar-refractivity contribution in [2.45, 2.75) is 46.7 Å². The summed E-state index contributed by atoms with van der Waals surface area (Å²) in [4.78, 5) is 32.7. The Morgan fingerprint density at radius 2 is 1.64 bits per heavy atom. The minimum absolute atomic E-state index is 0.0644. The molecule has 0 radical (unpaired) electrons. The molecule has 1 aliphatic heterocycles. The minimum atomic E-state index is 0.0644. The standard InChI is InChI=1S/C26H35N5O2/c1-4-27-26(28-18-20-9-13-22(14-10-20)25(33)30(5-2)6-3)29-19-21-11-15-23(16-12-21)31-17-7-8-24(31)32/h9-16H,4-8,17-19H2,1-3H3,(H2,27,28,29). The highest BCUT2D eigenvalue weighted by molar-refractivity contribution is 5.95. The molecule has 1 heterocycles. The summed E-state index contributed by atoms with van der Waals surface area (Å²) < 4.78 is 0. The molecule has 7 nitrogen and oxygen atoms in total. The van der Waals surface area contributed by atoms with Crippen LogP contribution in [0.25, 0.3) is 0 Å². The summed E-state index contributed by atoms with van der Waals surface area (Å²) in [5.74, 6) is 0.999. The Labute approximate surface area is 196 Å². The third-order valence-electron chi connectivity index (χ3n) is 5.80. The summed E-state index contributed by atoms with van der Waals surface area (Å²) in [5, 5.41) is 6.62. The number of rotatable bonds is 9. The molecule has 0 bridgehead atoms. The molecule has 1 aliphatic rings. The predicted octanol–water partition coefficient (Wildman–Crippen LogP) is 3.55. The van der Waals surface area contributed by atoms with E-state index < -0.39 is 0 Å². The van der Waals surface area contributed by atoms with E-state index in [1.807, 2.05) is 79.1 Å². The molecule has 0 atom stereocenters. The number of guanidine groups is 1. The first-order valence-electron chi connectivity index (χ1n) is 11.8. The molecule has 0 unspecified atom stereocenters. The second-order valence-electron chi connectivity index (χ2n) is 8.04. The van der Waals surface area contributed by atoms with Crippen LogP contribution < -0.4 is 15.5 Å². The Hall–Kier alpha value is -3.35. The van der Waals surface area contributed by atoms with Crippen molar-refractivity contribution in [2.24, 2.45) is 4.99 Å². The summed E-state index contributed by atoms with van der Waals surface area (Å²) in [6.45, 7) is 10.2. The Bertz CT molecular complexity index is 950. The summed E-state index contributed by atoms with van der Waals surface area (Å²) in [5.41, 5.74) is 3.83. The molecule has 1 saturated heterocycles. The highest BCUT2D eigenvalue weighted by atomic mass is 16.2. The fourth-order valence-electron chi connectivity index (χ4n) is 3.86. The van der Waals surface area contributed by atoms with Crippen LogP contribution in [0.2, 0.25) is 0 Å². The number of carbonyl (C=O) groups excluding carboxylic acids is 2. The van der Waals surface area contributed by atoms with Crippen molar-refractivity contribution in [3.8, 4) is 0 Å². The smallest absolute Gasteiger partial charge is 0.253 e. The van der Waals surface area contributed by atoms with E-state index in [0.717, 1.165) is 42.3 Å². The maximum Gasteiger partial charge on any atom is 0.253 e. The first-order valence-corrected chi connectivity index (χ1v) is 11.8. The van der Waals surface area contributed by atoms with Gasteiger partial charge in [0.1, 0.15) is 0 Å². The maximum absolute atomic E-state index is 12.5. The molecule has 0 spiro atoms. The first-order chi connectivity index (χ1) is 16.0. The summed E-state index contributed by atoms with van der Waals surface area (Å²) in [6.07, 6.45) is 1.57. The zero-order valence-corrected chi connectivity index (χ0v) is 19.9. The van der Waals surface area contributed by atoms with Gasteiger partial charge >= 0.3 is 0 Å². The van der Waals surface area contributed by atoms with Gasteiger partial charge in [0.25, 0.3) is 5.91 Å². The number of amides is 2. The lowest BCUT2D eigenvalue weighted by Crippen LogP contribution is -2.36. The molecule has 2 aromatic carbocycles. The van der Waals surface area contributed by atoms with Crippen LogP contribution in [0.1, 0.15) is 55.1 Å². The number of carbonyl (C=O) groups is 2. The average molecular weight is 450 g/mol. The number of aliphatic imine (C=N–C) groups is 1. The van der Waals surface area contributed by atoms with E-state index in [9.17, 15) is 9.59 Å². The molecule has 0 aromatic heterocycles. The van der Waals surface area contributed by atoms with Gasteiger partial charge in [-0.1, -0.05) is 24.3 Å². The summed E-state index contributed by atoms with van der Waals surface area (Å²) >= 11 is 0. The van der Waals surface area contributed by atoms with Crippen LogP contribution in [0, 0.1) is 0 Å². The fourth-order valence-corrected chi connectivity index (χ4v) is 3.86. The van der Waals surface area contributed by atoms with Gasteiger partial charge in [0.2, 0.25) is 5.91 Å². The third kappa shape index (κ3) is 6.57. The minimum Gasteiger partial charge on any atom is -0.357 e. The van der Waals surface area contributed by atoms with Crippen molar-refractivity contribution in [3.63, 3.8) is 0 Å². The zero-order chi connectivity index (χ0) is 23.6. The van der Waals surface area contributed by atoms with Crippen LogP contribution in [0.3, 0.4) is 0 Å². The lowest BCUT2D eigenvalue weighted by molar-refractivity contribution is -0.117. The predicted molar refractivity (Wildman–Crippen MR) is 133 cm³/mol. The highest BCUT2D eigenvalue weighted by Gasteiger charge is 2.21. The lowest BCUT2D eigenvalue weighted by atomic mass is 10.1. The van der Waals surface area contributed by atoms with Crippen molar-refractivity contribution in [2.75, 3.05) is 31.1 Å². The first kappa shape index (κ1) is 24.3. The Kier molecular flexibility index (Phi) is 8.87. The molecule has 0 aliphatic carbocycles. The topological polar surface area (TPSA) is 77.0 Å². The molecular weight excluding hydrogens is 414 g/mol. The molecule has 1 fully saturated rings. The second kappa shape index (κ2) is 12.0. The van der Waals surface area contributed by atoms with E-state index in [2.05, 4.69) is 15.6 Å². The number of nitrogens with one attached hydrogen (secondary N) is 2. The summed E-state index contributed by atoms with van der Waals surface area (Å²) in [7, 11) is 0. The molecule has 2 N–H and O–H groups in total. The van der Waals surface area contributed by atoms with Gasteiger partial charge in [-0.2, -0.15) is 0 Å². The Morgan fingerprint density at radius 1 is 0.970 bits per heavy atom. The lowest BCUT2D eigenvalue weighted by Gasteiger charge is -2.18. The van der Waals surface area contributed by atoms with E-state index in [0.29, 0.717) is 38.2 Å². The van der Waals surface area contributed by atoms with Crippen LogP contribution in [0.4, 0.5) is 5.69 Å². The number of anilines is 1. The molecular formula is C26H35N5O2. The fraction of sp³-hybridized carbons (Fsp3) is 0.423. The van der Waals surface area contributed by atoms with Gasteiger partial charge in [-0.3, -0.25) is 9.59 Å². The van der Waals surface area contributed by atoms with E-state index >= 15 is 0 Å². The van der Waals surface area contributed by atoms with Crippen molar-refractivity contribution < 1.29 is 9.59 Å². The zero-order valence-electron chi connectivity index (χ0n) is 19.9. The SMILES string of the molecule is CCNC(=NCc1ccc(N2CCCC2=O)cc1)NCc1ccc(C(=O)N(CC)CC)cc1. The monoisotopic (exact) mass is 449 g/mol. The second-order valence-corrected chi connectivity index (χ2v) is 8.04. The van der Waals surface area contributed by atoms with Crippen LogP contribution in [0.15, 0.2) is 53.5 Å². The van der Waals surface area contributed by atoms with E-state index in [1.54, 1.807) is 0 Å². The third-order valence-corrected chi connectivity index (χ3v) is 5.80. The van der Waals surface area contributed by atoms with Gasteiger partial charge < -0.3 is 20.4 Å². The largest absolute Gasteiger partial charge is 0.357 e. The number of hydrogen-bond acceptors (Lipinski definition) is 3. The van der Waals surface area contributed by atoms with Crippen LogP contribution in [0.5, 0.6) is 0 Å². The molecule has 0 saturated carbocycles. The average Bonchev–Trinajstić information content (AvgIpc) is 3.28. The number of benzene rings is 2. The quantitative estimate of drug-likeness (QED) is 0.453. The molecule has 3 rings (SSSR count). The van der Waals surface area contributed by atoms with Gasteiger partial charge in [0.15, 0.2) is 5.96 Å². The summed E-state index contributed by atoms with van der Waals surface area (Å²) in [6, 6.07) is 15.8. The van der Waals surface area contributed by atoms with Gasteiger partial charge in [-0.25, -0.2) is 4.99 Å². The van der Waals surface area contributed by atoms with Gasteiger partial charge in [0, 0.05) is 50.4 Å². The van der Waals surface area contributed by atoms with Gasteiger partial charge in [0.05, 0.1) is 6.54 Å². The Balaban J connectivity index is 1.57. The maximum atomic E-state index is 12.5. The van der Waals surface area contributed by atoms with Crippen LogP contribution in [-0.4, -0.2) is 48.9 Å². The Morgan fingerprint density at radius 3 is 2.21 bits per heavy atom. The van der Waals surface area contributed by atoms with Gasteiger partial charge in [-0.05, 0) is 62.6 Å². The number of hydrogen-bond donors (Lipinski definition) is 2. The van der Waals surface area contributed by atoms with Crippen LogP contribution in [-0.2, 0) is 17.9 Å². The van der Waals surface area contributed by atoms with Crippen molar-refractivity contribution in [1.82, 2.24) is 15.5 Å². The van der Waals surface area contributed by atoms with Crippen molar-refractivity contribution in [1.29, 1.82) is 0 Å². The van der Waals surface area contributed by atoms with Gasteiger partial charge in [-0.15, -0.1) is 0 Å². The van der Waals surface area contributed by atoms with Crippen molar-refractivity contribution in [3.05, 3.63) is 65.2 Å². The van der Waals surface area contributed by atoms with Crippen molar-refractivity contribution >= 4 is 23.5 Å². The molecule has 33 heavy (non-hydrogen) atoms. The molecule has 7 heteroatoms. The normalized spacial score (nSPS) is 13.8. The highest BCUT2D eigenvalue weighted by Crippen LogP contribution is 2.21. The molecule has 176 valence electrons. The van der Waals surface area contributed by atoms with E-state index in [4.69, 9.17) is 0 Å². The molecule has 2 amide bonds. The number of nitrogens with zero attached hydrogens (tertiary/aromatic N) is 3. The van der Waals surface area contributed by atoms with E-state index in [1.165, 1.54) is 0 Å². The van der Waals surface area contributed by atoms with E-state index in [-0.39, 0.29) is 11.8 Å². The van der Waals surface area contributed by atoms with Crippen LogP contribution >= 0.6 is 0 Å². The molecule has 2 aromatic rings.